The number of carbonyl (C=O) groups is 1. The molecule has 0 saturated carbocycles. The third kappa shape index (κ3) is 3.59. The first-order chi connectivity index (χ1) is 14.3. The summed E-state index contributed by atoms with van der Waals surface area (Å²) in [5, 5.41) is 3.20. The molecule has 0 bridgehead atoms. The summed E-state index contributed by atoms with van der Waals surface area (Å²) in [5.41, 5.74) is 2.85. The second-order valence-electron chi connectivity index (χ2n) is 6.90. The average molecular weight is 423 g/mol. The Balaban J connectivity index is 1.93. The van der Waals surface area contributed by atoms with Crippen molar-refractivity contribution in [3.8, 4) is 22.5 Å². The van der Waals surface area contributed by atoms with E-state index in [4.69, 9.17) is 4.42 Å². The maximum atomic E-state index is 13.3. The molecule has 0 aliphatic rings. The summed E-state index contributed by atoms with van der Waals surface area (Å²) in [6, 6.07) is 17.6. The van der Waals surface area contributed by atoms with Crippen molar-refractivity contribution in [2.45, 2.75) is 4.90 Å². The van der Waals surface area contributed by atoms with E-state index >= 15 is 0 Å². The summed E-state index contributed by atoms with van der Waals surface area (Å²) < 4.78 is 43.1. The van der Waals surface area contributed by atoms with E-state index in [1.54, 1.807) is 48.5 Å². The molecule has 152 valence electrons. The van der Waals surface area contributed by atoms with Crippen LogP contribution in [0.15, 0.2) is 76.0 Å². The van der Waals surface area contributed by atoms with Crippen molar-refractivity contribution in [3.63, 3.8) is 0 Å². The maximum Gasteiger partial charge on any atom is 0.255 e. The van der Waals surface area contributed by atoms with Gasteiger partial charge in [0, 0.05) is 24.3 Å². The van der Waals surface area contributed by atoms with Crippen LogP contribution in [0.1, 0.15) is 10.4 Å². The molecule has 30 heavy (non-hydrogen) atoms. The summed E-state index contributed by atoms with van der Waals surface area (Å²) >= 11 is 0. The second kappa shape index (κ2) is 7.42. The predicted molar refractivity (Wildman–Crippen MR) is 114 cm³/mol. The van der Waals surface area contributed by atoms with E-state index in [1.165, 1.54) is 25.2 Å². The number of nitrogens with one attached hydrogen (secondary N) is 1. The molecule has 1 aromatic heterocycles. The van der Waals surface area contributed by atoms with Crippen LogP contribution in [0.4, 0.5) is 4.39 Å². The van der Waals surface area contributed by atoms with E-state index in [0.29, 0.717) is 33.4 Å². The molecular formula is C23H18FNO4S. The Kier molecular flexibility index (Phi) is 4.91. The lowest BCUT2D eigenvalue weighted by Gasteiger charge is -2.05. The molecule has 4 aromatic rings. The van der Waals surface area contributed by atoms with Crippen LogP contribution in [0.5, 0.6) is 0 Å². The van der Waals surface area contributed by atoms with Gasteiger partial charge in [0.15, 0.2) is 9.84 Å². The number of sulfone groups is 1. The van der Waals surface area contributed by atoms with Gasteiger partial charge in [0.2, 0.25) is 0 Å². The molecule has 0 unspecified atom stereocenters. The Morgan fingerprint density at radius 1 is 0.933 bits per heavy atom. The molecule has 7 heteroatoms. The molecule has 0 aliphatic heterocycles. The highest BCUT2D eigenvalue weighted by molar-refractivity contribution is 7.90. The summed E-state index contributed by atoms with van der Waals surface area (Å²) in [5.74, 6) is -0.383. The predicted octanol–water partition coefficient (Wildman–Crippen LogP) is 4.67. The number of halogens is 1. The molecule has 0 saturated heterocycles. The van der Waals surface area contributed by atoms with Gasteiger partial charge < -0.3 is 9.73 Å². The lowest BCUT2D eigenvalue weighted by atomic mass is 10.00. The van der Waals surface area contributed by atoms with Crippen LogP contribution < -0.4 is 5.32 Å². The number of hydrogen-bond donors (Lipinski definition) is 1. The van der Waals surface area contributed by atoms with Gasteiger partial charge in [0.1, 0.15) is 17.2 Å². The van der Waals surface area contributed by atoms with Crippen LogP contribution in [0, 0.1) is 5.82 Å². The van der Waals surface area contributed by atoms with Crippen molar-refractivity contribution in [2.24, 2.45) is 0 Å². The van der Waals surface area contributed by atoms with E-state index in [2.05, 4.69) is 5.32 Å². The summed E-state index contributed by atoms with van der Waals surface area (Å²) in [4.78, 5) is 12.9. The minimum atomic E-state index is -3.35. The van der Waals surface area contributed by atoms with E-state index in [-0.39, 0.29) is 16.6 Å². The highest BCUT2D eigenvalue weighted by Gasteiger charge is 2.22. The highest BCUT2D eigenvalue weighted by Crippen LogP contribution is 2.36. The molecule has 4 rings (SSSR count). The molecule has 3 aromatic carbocycles. The molecule has 1 heterocycles. The zero-order chi connectivity index (χ0) is 21.5. The third-order valence-electron chi connectivity index (χ3n) is 4.84. The topological polar surface area (TPSA) is 76.4 Å². The van der Waals surface area contributed by atoms with Crippen LogP contribution >= 0.6 is 0 Å². The first-order valence-electron chi connectivity index (χ1n) is 9.13. The molecule has 0 atom stereocenters. The molecule has 0 radical (unpaired) electrons. The first-order valence-corrected chi connectivity index (χ1v) is 11.0. The first kappa shape index (κ1) is 19.8. The second-order valence-corrected chi connectivity index (χ2v) is 8.92. The summed E-state index contributed by atoms with van der Waals surface area (Å²) in [6.07, 6.45) is 1.16. The molecule has 0 fully saturated rings. The monoisotopic (exact) mass is 423 g/mol. The third-order valence-corrected chi connectivity index (χ3v) is 5.95. The Hall–Kier alpha value is -3.45. The summed E-state index contributed by atoms with van der Waals surface area (Å²) in [7, 11) is -1.83. The van der Waals surface area contributed by atoms with E-state index < -0.39 is 9.84 Å². The number of fused-ring (bicyclic) bond motifs is 1. The van der Waals surface area contributed by atoms with Gasteiger partial charge in [-0.15, -0.1) is 0 Å². The Morgan fingerprint density at radius 3 is 2.27 bits per heavy atom. The highest BCUT2D eigenvalue weighted by atomic mass is 32.2. The largest absolute Gasteiger partial charge is 0.455 e. The average Bonchev–Trinajstić information content (AvgIpc) is 3.12. The minimum absolute atomic E-state index is 0.214. The lowest BCUT2D eigenvalue weighted by molar-refractivity contribution is 0.0964. The van der Waals surface area contributed by atoms with Gasteiger partial charge in [-0.25, -0.2) is 12.8 Å². The standard InChI is InChI=1S/C23H18FNO4S/c1-25-23(26)21-19-13-16(15-4-3-5-18(12-15)30(2,27)28)8-11-20(19)29-22(21)14-6-9-17(24)10-7-14/h3-13H,1-2H3,(H,25,26). The van der Waals surface area contributed by atoms with Crippen molar-refractivity contribution >= 4 is 26.7 Å². The molecule has 0 aliphatic carbocycles. The zero-order valence-corrected chi connectivity index (χ0v) is 17.1. The zero-order valence-electron chi connectivity index (χ0n) is 16.3. The minimum Gasteiger partial charge on any atom is -0.455 e. The fourth-order valence-corrected chi connectivity index (χ4v) is 4.01. The molecule has 1 amide bonds. The number of hydrogen-bond acceptors (Lipinski definition) is 4. The maximum absolute atomic E-state index is 13.3. The number of benzene rings is 3. The van der Waals surface area contributed by atoms with Gasteiger partial charge in [-0.05, 0) is 59.7 Å². The van der Waals surface area contributed by atoms with Gasteiger partial charge >= 0.3 is 0 Å². The fourth-order valence-electron chi connectivity index (χ4n) is 3.34. The Bertz CT molecular complexity index is 1370. The Labute approximate surface area is 173 Å². The fraction of sp³-hybridized carbons (Fsp3) is 0.0870. The number of furan rings is 1. The van der Waals surface area contributed by atoms with Crippen LogP contribution in [-0.4, -0.2) is 27.6 Å². The van der Waals surface area contributed by atoms with Crippen LogP contribution in [0.2, 0.25) is 0 Å². The smallest absolute Gasteiger partial charge is 0.255 e. The SMILES string of the molecule is CNC(=O)c1c(-c2ccc(F)cc2)oc2ccc(-c3cccc(S(C)(=O)=O)c3)cc12. The molecular weight excluding hydrogens is 405 g/mol. The summed E-state index contributed by atoms with van der Waals surface area (Å²) in [6.45, 7) is 0. The van der Waals surface area contributed by atoms with Crippen LogP contribution in [-0.2, 0) is 9.84 Å². The van der Waals surface area contributed by atoms with Crippen molar-refractivity contribution in [1.29, 1.82) is 0 Å². The molecule has 1 N–H and O–H groups in total. The Morgan fingerprint density at radius 2 is 1.60 bits per heavy atom. The van der Waals surface area contributed by atoms with Crippen molar-refractivity contribution in [3.05, 3.63) is 78.1 Å². The van der Waals surface area contributed by atoms with Gasteiger partial charge in [0.25, 0.3) is 5.91 Å². The van der Waals surface area contributed by atoms with Gasteiger partial charge in [0.05, 0.1) is 10.5 Å². The van der Waals surface area contributed by atoms with Crippen molar-refractivity contribution in [1.82, 2.24) is 5.32 Å². The van der Waals surface area contributed by atoms with Crippen molar-refractivity contribution in [2.75, 3.05) is 13.3 Å². The molecule has 0 spiro atoms. The quantitative estimate of drug-likeness (QED) is 0.518. The van der Waals surface area contributed by atoms with E-state index in [9.17, 15) is 17.6 Å². The lowest BCUT2D eigenvalue weighted by Crippen LogP contribution is -2.18. The van der Waals surface area contributed by atoms with Crippen molar-refractivity contribution < 1.29 is 22.0 Å². The van der Waals surface area contributed by atoms with E-state index in [0.717, 1.165) is 11.8 Å². The molecule has 5 nitrogen and oxygen atoms in total. The number of rotatable bonds is 4. The van der Waals surface area contributed by atoms with Crippen LogP contribution in [0.25, 0.3) is 33.4 Å². The van der Waals surface area contributed by atoms with Gasteiger partial charge in [-0.1, -0.05) is 18.2 Å². The van der Waals surface area contributed by atoms with Crippen LogP contribution in [0.3, 0.4) is 0 Å². The van der Waals surface area contributed by atoms with E-state index in [1.807, 2.05) is 0 Å². The van der Waals surface area contributed by atoms with Gasteiger partial charge in [-0.2, -0.15) is 0 Å². The normalized spacial score (nSPS) is 11.6. The number of carbonyl (C=O) groups excluding carboxylic acids is 1. The van der Waals surface area contributed by atoms with Gasteiger partial charge in [-0.3, -0.25) is 4.79 Å². The number of amides is 1.